The van der Waals surface area contributed by atoms with Crippen molar-refractivity contribution in [2.24, 2.45) is 0 Å². The molecule has 124 valence electrons. The quantitative estimate of drug-likeness (QED) is 0.565. The lowest BCUT2D eigenvalue weighted by Gasteiger charge is -2.07. The molecule has 4 rings (SSSR count). The molecule has 0 spiro atoms. The Morgan fingerprint density at radius 3 is 2.60 bits per heavy atom. The fourth-order valence-corrected chi connectivity index (χ4v) is 2.76. The van der Waals surface area contributed by atoms with E-state index in [1.165, 1.54) is 0 Å². The predicted octanol–water partition coefficient (Wildman–Crippen LogP) is 3.20. The number of fused-ring (bicyclic) bond motifs is 1. The molecular weight excluding hydrogens is 342 g/mol. The van der Waals surface area contributed by atoms with Gasteiger partial charge in [-0.1, -0.05) is 23.7 Å². The van der Waals surface area contributed by atoms with Crippen LogP contribution in [0.5, 0.6) is 0 Å². The van der Waals surface area contributed by atoms with Crippen molar-refractivity contribution < 1.29 is 9.42 Å². The van der Waals surface area contributed by atoms with Crippen molar-refractivity contribution in [2.75, 3.05) is 5.73 Å². The number of para-hydroxylation sites is 2. The molecule has 0 bridgehead atoms. The number of hydrogen-bond donors (Lipinski definition) is 1. The highest BCUT2D eigenvalue weighted by Crippen LogP contribution is 2.27. The van der Waals surface area contributed by atoms with Gasteiger partial charge < -0.3 is 10.3 Å². The van der Waals surface area contributed by atoms with Crippen LogP contribution >= 0.6 is 11.6 Å². The second-order valence-corrected chi connectivity index (χ2v) is 5.87. The average molecular weight is 354 g/mol. The SMILES string of the molecule is Nc1nonc1-c1nc2ccccc2n1CC(=O)c1ccc(Cl)cc1. The molecule has 2 heterocycles. The molecule has 0 saturated heterocycles. The molecule has 0 fully saturated rings. The van der Waals surface area contributed by atoms with Crippen LogP contribution in [-0.4, -0.2) is 25.6 Å². The van der Waals surface area contributed by atoms with Crippen LogP contribution in [0, 0.1) is 0 Å². The summed E-state index contributed by atoms with van der Waals surface area (Å²) >= 11 is 5.88. The van der Waals surface area contributed by atoms with Gasteiger partial charge in [-0.05, 0) is 46.7 Å². The molecule has 2 N–H and O–H groups in total. The number of carbonyl (C=O) groups excluding carboxylic acids is 1. The summed E-state index contributed by atoms with van der Waals surface area (Å²) in [5.74, 6) is 0.467. The molecule has 8 heteroatoms. The van der Waals surface area contributed by atoms with E-state index in [1.54, 1.807) is 28.8 Å². The van der Waals surface area contributed by atoms with Crippen LogP contribution in [0.15, 0.2) is 53.2 Å². The van der Waals surface area contributed by atoms with Gasteiger partial charge in [0.2, 0.25) is 0 Å². The normalized spacial score (nSPS) is 11.1. The molecule has 0 aliphatic carbocycles. The zero-order valence-electron chi connectivity index (χ0n) is 12.9. The molecular formula is C17H12ClN5O2. The minimum absolute atomic E-state index is 0.0732. The van der Waals surface area contributed by atoms with E-state index in [4.69, 9.17) is 17.3 Å². The van der Waals surface area contributed by atoms with Gasteiger partial charge in [-0.15, -0.1) is 0 Å². The lowest BCUT2D eigenvalue weighted by atomic mass is 10.1. The number of nitrogen functional groups attached to an aromatic ring is 1. The van der Waals surface area contributed by atoms with Gasteiger partial charge >= 0.3 is 0 Å². The molecule has 7 nitrogen and oxygen atoms in total. The predicted molar refractivity (Wildman–Crippen MR) is 93.2 cm³/mol. The Balaban J connectivity index is 1.81. The minimum Gasteiger partial charge on any atom is -0.379 e. The van der Waals surface area contributed by atoms with Gasteiger partial charge in [0.15, 0.2) is 23.1 Å². The maximum atomic E-state index is 12.7. The molecule has 0 aliphatic heterocycles. The number of aromatic nitrogens is 4. The summed E-state index contributed by atoms with van der Waals surface area (Å²) in [6.45, 7) is 0.0732. The number of benzene rings is 2. The topological polar surface area (TPSA) is 99.8 Å². The van der Waals surface area contributed by atoms with Crippen molar-refractivity contribution in [3.05, 3.63) is 59.1 Å². The Morgan fingerprint density at radius 2 is 1.88 bits per heavy atom. The van der Waals surface area contributed by atoms with Crippen LogP contribution in [0.4, 0.5) is 5.82 Å². The Kier molecular flexibility index (Phi) is 3.70. The fourth-order valence-electron chi connectivity index (χ4n) is 2.64. The van der Waals surface area contributed by atoms with E-state index >= 15 is 0 Å². The third-order valence-corrected chi connectivity index (χ3v) is 4.10. The van der Waals surface area contributed by atoms with E-state index in [0.717, 1.165) is 11.0 Å². The van der Waals surface area contributed by atoms with Crippen molar-refractivity contribution >= 4 is 34.2 Å². The number of anilines is 1. The molecule has 0 aliphatic rings. The largest absolute Gasteiger partial charge is 0.379 e. The highest BCUT2D eigenvalue weighted by Gasteiger charge is 2.21. The van der Waals surface area contributed by atoms with E-state index in [0.29, 0.717) is 22.1 Å². The number of hydrogen-bond acceptors (Lipinski definition) is 6. The molecule has 2 aromatic heterocycles. The van der Waals surface area contributed by atoms with Crippen molar-refractivity contribution in [2.45, 2.75) is 6.54 Å². The summed E-state index contributed by atoms with van der Waals surface area (Å²) in [7, 11) is 0. The van der Waals surface area contributed by atoms with E-state index in [-0.39, 0.29) is 18.1 Å². The molecule has 2 aromatic carbocycles. The zero-order chi connectivity index (χ0) is 17.4. The fraction of sp³-hybridized carbons (Fsp3) is 0.0588. The van der Waals surface area contributed by atoms with E-state index in [9.17, 15) is 4.79 Å². The molecule has 0 radical (unpaired) electrons. The van der Waals surface area contributed by atoms with Crippen molar-refractivity contribution in [1.29, 1.82) is 0 Å². The summed E-state index contributed by atoms with van der Waals surface area (Å²) in [4.78, 5) is 17.2. The standard InChI is InChI=1S/C17H12ClN5O2/c18-11-7-5-10(6-8-11)14(24)9-23-13-4-2-1-3-12(13)20-17(23)15-16(19)22-25-21-15/h1-8H,9H2,(H2,19,22). The van der Waals surface area contributed by atoms with Gasteiger partial charge in [-0.25, -0.2) is 9.61 Å². The molecule has 0 unspecified atom stereocenters. The average Bonchev–Trinajstić information content (AvgIpc) is 3.19. The summed E-state index contributed by atoms with van der Waals surface area (Å²) in [6, 6.07) is 14.2. The van der Waals surface area contributed by atoms with Crippen molar-refractivity contribution in [3.8, 4) is 11.5 Å². The Morgan fingerprint density at radius 1 is 1.12 bits per heavy atom. The van der Waals surface area contributed by atoms with Gasteiger partial charge in [0.25, 0.3) is 0 Å². The summed E-state index contributed by atoms with van der Waals surface area (Å²) in [5.41, 5.74) is 8.18. The molecule has 25 heavy (non-hydrogen) atoms. The number of imidazole rings is 1. The van der Waals surface area contributed by atoms with E-state index < -0.39 is 0 Å². The first-order chi connectivity index (χ1) is 12.1. The Bertz CT molecular complexity index is 1070. The van der Waals surface area contributed by atoms with Crippen LogP contribution in [0.25, 0.3) is 22.6 Å². The van der Waals surface area contributed by atoms with Gasteiger partial charge in [-0.2, -0.15) is 0 Å². The van der Waals surface area contributed by atoms with Gasteiger partial charge in [0, 0.05) is 10.6 Å². The molecule has 0 atom stereocenters. The highest BCUT2D eigenvalue weighted by atomic mass is 35.5. The number of halogens is 1. The first-order valence-corrected chi connectivity index (χ1v) is 7.84. The van der Waals surface area contributed by atoms with Gasteiger partial charge in [0.05, 0.1) is 17.6 Å². The Labute approximate surface area is 147 Å². The monoisotopic (exact) mass is 353 g/mol. The second-order valence-electron chi connectivity index (χ2n) is 5.44. The number of rotatable bonds is 4. The van der Waals surface area contributed by atoms with Gasteiger partial charge in [-0.3, -0.25) is 4.79 Å². The maximum absolute atomic E-state index is 12.7. The van der Waals surface area contributed by atoms with Crippen LogP contribution in [0.3, 0.4) is 0 Å². The minimum atomic E-state index is -0.0869. The summed E-state index contributed by atoms with van der Waals surface area (Å²) in [5, 5.41) is 7.98. The second kappa shape index (κ2) is 6.03. The maximum Gasteiger partial charge on any atom is 0.199 e. The van der Waals surface area contributed by atoms with Crippen LogP contribution in [0.2, 0.25) is 5.02 Å². The summed E-state index contributed by atoms with van der Waals surface area (Å²) in [6.07, 6.45) is 0. The Hall–Kier alpha value is -3.19. The molecule has 0 amide bonds. The van der Waals surface area contributed by atoms with Crippen LogP contribution in [-0.2, 0) is 6.54 Å². The number of ketones is 1. The third kappa shape index (κ3) is 2.74. The first kappa shape index (κ1) is 15.3. The molecule has 4 aromatic rings. The van der Waals surface area contributed by atoms with Crippen LogP contribution in [0.1, 0.15) is 10.4 Å². The highest BCUT2D eigenvalue weighted by molar-refractivity contribution is 6.30. The first-order valence-electron chi connectivity index (χ1n) is 7.46. The third-order valence-electron chi connectivity index (χ3n) is 3.85. The number of Topliss-reactive ketones (excluding diaryl/α,β-unsaturated/α-hetero) is 1. The van der Waals surface area contributed by atoms with Gasteiger partial charge in [0.1, 0.15) is 0 Å². The summed E-state index contributed by atoms with van der Waals surface area (Å²) < 4.78 is 6.43. The number of carbonyl (C=O) groups is 1. The molecule has 0 saturated carbocycles. The number of nitrogens with two attached hydrogens (primary N) is 1. The van der Waals surface area contributed by atoms with Crippen molar-refractivity contribution in [3.63, 3.8) is 0 Å². The lowest BCUT2D eigenvalue weighted by molar-refractivity contribution is 0.0974. The number of nitrogens with zero attached hydrogens (tertiary/aromatic N) is 4. The van der Waals surface area contributed by atoms with Crippen molar-refractivity contribution in [1.82, 2.24) is 19.9 Å². The smallest absolute Gasteiger partial charge is 0.199 e. The lowest BCUT2D eigenvalue weighted by Crippen LogP contribution is -2.12. The van der Waals surface area contributed by atoms with E-state index in [2.05, 4.69) is 19.9 Å². The van der Waals surface area contributed by atoms with Crippen LogP contribution < -0.4 is 5.73 Å². The zero-order valence-corrected chi connectivity index (χ0v) is 13.6. The van der Waals surface area contributed by atoms with E-state index in [1.807, 2.05) is 24.3 Å².